The van der Waals surface area contributed by atoms with Gasteiger partial charge in [0.05, 0.1) is 11.1 Å². The average Bonchev–Trinajstić information content (AvgIpc) is 2.43. The number of Topliss-reactive ketones (excluding diaryl/α,β-unsaturated/α-hetero) is 2. The molecule has 0 fully saturated rings. The summed E-state index contributed by atoms with van der Waals surface area (Å²) in [5.74, 6) is -0.894. The molecule has 0 amide bonds. The monoisotopic (exact) mass is 234 g/mol. The van der Waals surface area contributed by atoms with Crippen LogP contribution in [0.25, 0.3) is 0 Å². The zero-order chi connectivity index (χ0) is 12.7. The summed E-state index contributed by atoms with van der Waals surface area (Å²) in [7, 11) is 0. The fourth-order valence-corrected chi connectivity index (χ4v) is 2.17. The SMILES string of the molecule is Cc1c(C)c(O)c2c(c1O)C(=O)CCCC2=O. The lowest BCUT2D eigenvalue weighted by molar-refractivity contribution is 0.0975. The summed E-state index contributed by atoms with van der Waals surface area (Å²) in [6.07, 6.45) is 0.922. The number of ketones is 2. The highest BCUT2D eigenvalue weighted by atomic mass is 16.3. The van der Waals surface area contributed by atoms with E-state index >= 15 is 0 Å². The van der Waals surface area contributed by atoms with Crippen LogP contribution in [0.15, 0.2) is 0 Å². The van der Waals surface area contributed by atoms with E-state index in [1.165, 1.54) is 0 Å². The maximum atomic E-state index is 11.9. The molecule has 0 saturated heterocycles. The van der Waals surface area contributed by atoms with Crippen LogP contribution < -0.4 is 0 Å². The first-order valence-electron chi connectivity index (χ1n) is 5.56. The van der Waals surface area contributed by atoms with Gasteiger partial charge in [-0.1, -0.05) is 0 Å². The predicted octanol–water partition coefficient (Wildman–Crippen LogP) is 2.26. The fourth-order valence-electron chi connectivity index (χ4n) is 2.17. The molecular formula is C13H14O4. The molecule has 1 aromatic carbocycles. The van der Waals surface area contributed by atoms with Gasteiger partial charge in [0.2, 0.25) is 0 Å². The maximum absolute atomic E-state index is 11.9. The molecular weight excluding hydrogens is 220 g/mol. The number of hydrogen-bond donors (Lipinski definition) is 2. The fraction of sp³-hybridized carbons (Fsp3) is 0.385. The first-order valence-corrected chi connectivity index (χ1v) is 5.56. The maximum Gasteiger partial charge on any atom is 0.167 e. The number of fused-ring (bicyclic) bond motifs is 1. The molecule has 0 heterocycles. The lowest BCUT2D eigenvalue weighted by Crippen LogP contribution is -2.07. The second kappa shape index (κ2) is 3.87. The van der Waals surface area contributed by atoms with Gasteiger partial charge in [0.1, 0.15) is 11.5 Å². The molecule has 90 valence electrons. The van der Waals surface area contributed by atoms with Gasteiger partial charge in [0, 0.05) is 12.8 Å². The second-order valence-corrected chi connectivity index (χ2v) is 4.40. The van der Waals surface area contributed by atoms with Gasteiger partial charge < -0.3 is 10.2 Å². The summed E-state index contributed by atoms with van der Waals surface area (Å²) >= 11 is 0. The Morgan fingerprint density at radius 1 is 0.824 bits per heavy atom. The number of hydrogen-bond acceptors (Lipinski definition) is 4. The Hall–Kier alpha value is -1.84. The highest BCUT2D eigenvalue weighted by Crippen LogP contribution is 2.39. The van der Waals surface area contributed by atoms with Crippen molar-refractivity contribution in [2.45, 2.75) is 33.1 Å². The van der Waals surface area contributed by atoms with E-state index in [-0.39, 0.29) is 47.0 Å². The number of carbonyl (C=O) groups excluding carboxylic acids is 2. The smallest absolute Gasteiger partial charge is 0.167 e. The van der Waals surface area contributed by atoms with Crippen molar-refractivity contribution in [2.75, 3.05) is 0 Å². The number of aromatic hydroxyl groups is 2. The molecule has 0 radical (unpaired) electrons. The molecule has 1 aliphatic carbocycles. The van der Waals surface area contributed by atoms with Crippen molar-refractivity contribution in [1.82, 2.24) is 0 Å². The van der Waals surface area contributed by atoms with E-state index in [4.69, 9.17) is 0 Å². The minimum Gasteiger partial charge on any atom is -0.507 e. The minimum absolute atomic E-state index is 0.00639. The van der Waals surface area contributed by atoms with E-state index in [1.807, 2.05) is 0 Å². The van der Waals surface area contributed by atoms with Crippen molar-refractivity contribution in [1.29, 1.82) is 0 Å². The van der Waals surface area contributed by atoms with Gasteiger partial charge in [0.25, 0.3) is 0 Å². The highest BCUT2D eigenvalue weighted by molar-refractivity contribution is 6.14. The van der Waals surface area contributed by atoms with Gasteiger partial charge >= 0.3 is 0 Å². The Labute approximate surface area is 98.9 Å². The van der Waals surface area contributed by atoms with Crippen LogP contribution in [0.4, 0.5) is 0 Å². The van der Waals surface area contributed by atoms with Crippen molar-refractivity contribution in [3.63, 3.8) is 0 Å². The van der Waals surface area contributed by atoms with Crippen molar-refractivity contribution >= 4 is 11.6 Å². The van der Waals surface area contributed by atoms with Crippen LogP contribution in [0.1, 0.15) is 51.1 Å². The molecule has 0 unspecified atom stereocenters. The third-order valence-electron chi connectivity index (χ3n) is 3.36. The molecule has 4 heteroatoms. The lowest BCUT2D eigenvalue weighted by Gasteiger charge is -2.14. The average molecular weight is 234 g/mol. The number of phenols is 2. The molecule has 0 atom stereocenters. The Balaban J connectivity index is 2.87. The zero-order valence-electron chi connectivity index (χ0n) is 9.83. The van der Waals surface area contributed by atoms with Crippen LogP contribution in [0.5, 0.6) is 11.5 Å². The third kappa shape index (κ3) is 1.60. The van der Waals surface area contributed by atoms with E-state index in [0.29, 0.717) is 17.5 Å². The van der Waals surface area contributed by atoms with Crippen LogP contribution in [-0.2, 0) is 0 Å². The lowest BCUT2D eigenvalue weighted by atomic mass is 9.92. The third-order valence-corrected chi connectivity index (χ3v) is 3.36. The molecule has 0 spiro atoms. The molecule has 4 nitrogen and oxygen atoms in total. The van der Waals surface area contributed by atoms with Crippen molar-refractivity contribution in [3.05, 3.63) is 22.3 Å². The number of phenolic OH excluding ortho intramolecular Hbond substituents is 2. The standard InChI is InChI=1S/C13H14O4/c1-6-7(2)13(17)11-9(15)5-3-4-8(14)10(11)12(6)16/h16-17H,3-5H2,1-2H3. The normalized spacial score (nSPS) is 15.6. The zero-order valence-corrected chi connectivity index (χ0v) is 9.83. The Kier molecular flexibility index (Phi) is 2.65. The molecule has 1 aliphatic rings. The van der Waals surface area contributed by atoms with E-state index in [1.54, 1.807) is 13.8 Å². The Morgan fingerprint density at radius 3 is 1.53 bits per heavy atom. The van der Waals surface area contributed by atoms with Gasteiger partial charge in [-0.25, -0.2) is 0 Å². The predicted molar refractivity (Wildman–Crippen MR) is 61.8 cm³/mol. The van der Waals surface area contributed by atoms with Gasteiger partial charge in [0.15, 0.2) is 11.6 Å². The molecule has 2 N–H and O–H groups in total. The minimum atomic E-state index is -0.276. The van der Waals surface area contributed by atoms with Gasteiger partial charge in [-0.2, -0.15) is 0 Å². The van der Waals surface area contributed by atoms with Gasteiger partial charge in [-0.3, -0.25) is 9.59 Å². The summed E-state index contributed by atoms with van der Waals surface area (Å²) in [6.45, 7) is 3.24. The largest absolute Gasteiger partial charge is 0.507 e. The van der Waals surface area contributed by atoms with Gasteiger partial charge in [-0.05, 0) is 31.4 Å². The van der Waals surface area contributed by atoms with Crippen LogP contribution >= 0.6 is 0 Å². The molecule has 0 aliphatic heterocycles. The van der Waals surface area contributed by atoms with Crippen molar-refractivity contribution < 1.29 is 19.8 Å². The van der Waals surface area contributed by atoms with E-state index in [2.05, 4.69) is 0 Å². The summed E-state index contributed by atoms with van der Waals surface area (Å²) in [5.41, 5.74) is 0.884. The van der Waals surface area contributed by atoms with E-state index in [0.717, 1.165) is 0 Å². The number of rotatable bonds is 0. The number of carbonyl (C=O) groups is 2. The quantitative estimate of drug-likeness (QED) is 0.533. The summed E-state index contributed by atoms with van der Waals surface area (Å²) in [6, 6.07) is 0. The Morgan fingerprint density at radius 2 is 1.18 bits per heavy atom. The molecule has 0 saturated carbocycles. The van der Waals surface area contributed by atoms with E-state index in [9.17, 15) is 19.8 Å². The summed E-state index contributed by atoms with van der Waals surface area (Å²) < 4.78 is 0. The van der Waals surface area contributed by atoms with Crippen LogP contribution in [0.3, 0.4) is 0 Å². The first kappa shape index (κ1) is 11.6. The van der Waals surface area contributed by atoms with Crippen LogP contribution in [0.2, 0.25) is 0 Å². The second-order valence-electron chi connectivity index (χ2n) is 4.40. The first-order chi connectivity index (χ1) is 7.95. The van der Waals surface area contributed by atoms with Crippen LogP contribution in [-0.4, -0.2) is 21.8 Å². The molecule has 0 bridgehead atoms. The molecule has 1 aromatic rings. The highest BCUT2D eigenvalue weighted by Gasteiger charge is 2.30. The summed E-state index contributed by atoms with van der Waals surface area (Å²) in [4.78, 5) is 23.7. The molecule has 17 heavy (non-hydrogen) atoms. The van der Waals surface area contributed by atoms with E-state index < -0.39 is 0 Å². The van der Waals surface area contributed by atoms with Crippen molar-refractivity contribution in [3.8, 4) is 11.5 Å². The Bertz CT molecular complexity index is 482. The van der Waals surface area contributed by atoms with Gasteiger partial charge in [-0.15, -0.1) is 0 Å². The van der Waals surface area contributed by atoms with Crippen molar-refractivity contribution in [2.24, 2.45) is 0 Å². The molecule has 0 aromatic heterocycles. The number of benzene rings is 1. The topological polar surface area (TPSA) is 74.6 Å². The summed E-state index contributed by atoms with van der Waals surface area (Å²) in [5, 5.41) is 20.0. The molecule has 2 rings (SSSR count). The van der Waals surface area contributed by atoms with Crippen LogP contribution in [0, 0.1) is 13.8 Å².